The molecule has 4 heteroatoms. The minimum atomic E-state index is -0.431. The Hall–Kier alpha value is -2.62. The largest absolute Gasteiger partial charge is 0.348 e. The van der Waals surface area contributed by atoms with Crippen LogP contribution in [0, 0.1) is 11.3 Å². The van der Waals surface area contributed by atoms with Gasteiger partial charge in [0.15, 0.2) is 0 Å². The highest BCUT2D eigenvalue weighted by Crippen LogP contribution is 2.39. The van der Waals surface area contributed by atoms with Crippen LogP contribution in [0.3, 0.4) is 0 Å². The van der Waals surface area contributed by atoms with E-state index in [1.54, 1.807) is 4.90 Å². The van der Waals surface area contributed by atoms with Crippen molar-refractivity contribution in [1.82, 2.24) is 9.80 Å². The van der Waals surface area contributed by atoms with Crippen LogP contribution in [0.25, 0.3) is 11.1 Å². The molecular formula is C25H30N2O2. The predicted octanol–water partition coefficient (Wildman–Crippen LogP) is 4.00. The Morgan fingerprint density at radius 2 is 1.62 bits per heavy atom. The topological polar surface area (TPSA) is 40.6 Å². The van der Waals surface area contributed by atoms with Crippen molar-refractivity contribution in [1.29, 1.82) is 0 Å². The van der Waals surface area contributed by atoms with Gasteiger partial charge in [0.25, 0.3) is 0 Å². The van der Waals surface area contributed by atoms with Gasteiger partial charge in [-0.1, -0.05) is 54.6 Å². The van der Waals surface area contributed by atoms with E-state index in [2.05, 4.69) is 36.4 Å². The van der Waals surface area contributed by atoms with E-state index < -0.39 is 5.41 Å². The molecule has 1 saturated heterocycles. The van der Waals surface area contributed by atoms with Gasteiger partial charge in [-0.25, -0.2) is 0 Å². The third kappa shape index (κ3) is 4.21. The monoisotopic (exact) mass is 390 g/mol. The molecule has 4 rings (SSSR count). The lowest BCUT2D eigenvalue weighted by atomic mass is 9.72. The second-order valence-corrected chi connectivity index (χ2v) is 8.82. The Balaban J connectivity index is 1.55. The van der Waals surface area contributed by atoms with E-state index >= 15 is 0 Å². The van der Waals surface area contributed by atoms with E-state index in [9.17, 15) is 9.59 Å². The van der Waals surface area contributed by atoms with Gasteiger partial charge in [0.2, 0.25) is 11.8 Å². The van der Waals surface area contributed by atoms with Crippen LogP contribution in [0.5, 0.6) is 0 Å². The fourth-order valence-corrected chi connectivity index (χ4v) is 4.57. The maximum Gasteiger partial charge on any atom is 0.228 e. The summed E-state index contributed by atoms with van der Waals surface area (Å²) in [4.78, 5) is 29.4. The predicted molar refractivity (Wildman–Crippen MR) is 115 cm³/mol. The first-order valence-corrected chi connectivity index (χ1v) is 10.6. The van der Waals surface area contributed by atoms with E-state index in [0.717, 1.165) is 32.1 Å². The van der Waals surface area contributed by atoms with Crippen molar-refractivity contribution in [3.8, 4) is 11.1 Å². The van der Waals surface area contributed by atoms with Crippen LogP contribution in [0.2, 0.25) is 0 Å². The zero-order valence-electron chi connectivity index (χ0n) is 17.4. The van der Waals surface area contributed by atoms with Gasteiger partial charge in [-0.3, -0.25) is 9.59 Å². The number of rotatable bonds is 5. The van der Waals surface area contributed by atoms with Crippen LogP contribution in [0.4, 0.5) is 0 Å². The van der Waals surface area contributed by atoms with Gasteiger partial charge in [0.1, 0.15) is 0 Å². The molecule has 0 spiro atoms. The Morgan fingerprint density at radius 1 is 0.966 bits per heavy atom. The van der Waals surface area contributed by atoms with E-state index in [4.69, 9.17) is 0 Å². The SMILES string of the molecule is CN(C)C(=O)C1(Cc2cccc(-c3ccccc3)c2)CCN(C(=O)C2CC2)CC1. The maximum absolute atomic E-state index is 13.2. The third-order valence-corrected chi connectivity index (χ3v) is 6.40. The van der Waals surface area contributed by atoms with Gasteiger partial charge in [-0.2, -0.15) is 0 Å². The summed E-state index contributed by atoms with van der Waals surface area (Å²) in [6.45, 7) is 1.38. The van der Waals surface area contributed by atoms with E-state index in [0.29, 0.717) is 19.0 Å². The highest BCUT2D eigenvalue weighted by molar-refractivity contribution is 5.84. The molecule has 0 aromatic heterocycles. The summed E-state index contributed by atoms with van der Waals surface area (Å²) >= 11 is 0. The van der Waals surface area contributed by atoms with Gasteiger partial charge in [-0.05, 0) is 48.8 Å². The second kappa shape index (κ2) is 8.02. The van der Waals surface area contributed by atoms with Gasteiger partial charge >= 0.3 is 0 Å². The summed E-state index contributed by atoms with van der Waals surface area (Å²) in [6.07, 6.45) is 4.25. The summed E-state index contributed by atoms with van der Waals surface area (Å²) < 4.78 is 0. The molecule has 0 unspecified atom stereocenters. The number of piperidine rings is 1. The van der Waals surface area contributed by atoms with E-state index in [1.807, 2.05) is 37.2 Å². The zero-order chi connectivity index (χ0) is 20.4. The Labute approximate surface area is 173 Å². The van der Waals surface area contributed by atoms with Crippen molar-refractivity contribution >= 4 is 11.8 Å². The molecule has 4 nitrogen and oxygen atoms in total. The molecule has 0 N–H and O–H groups in total. The number of likely N-dealkylation sites (tertiary alicyclic amines) is 1. The molecule has 152 valence electrons. The average Bonchev–Trinajstić information content (AvgIpc) is 3.59. The van der Waals surface area contributed by atoms with Crippen molar-refractivity contribution in [2.45, 2.75) is 32.1 Å². The first-order chi connectivity index (χ1) is 14.0. The molecule has 2 fully saturated rings. The van der Waals surface area contributed by atoms with Crippen molar-refractivity contribution in [2.75, 3.05) is 27.2 Å². The number of carbonyl (C=O) groups is 2. The van der Waals surface area contributed by atoms with Crippen LogP contribution in [-0.4, -0.2) is 48.8 Å². The Morgan fingerprint density at radius 3 is 2.24 bits per heavy atom. The molecule has 1 aliphatic carbocycles. The van der Waals surface area contributed by atoms with Crippen LogP contribution in [0.15, 0.2) is 54.6 Å². The maximum atomic E-state index is 13.2. The molecule has 29 heavy (non-hydrogen) atoms. The zero-order valence-corrected chi connectivity index (χ0v) is 17.4. The van der Waals surface area contributed by atoms with Gasteiger partial charge < -0.3 is 9.80 Å². The number of nitrogens with zero attached hydrogens (tertiary/aromatic N) is 2. The minimum absolute atomic E-state index is 0.182. The number of amides is 2. The number of benzene rings is 2. The average molecular weight is 391 g/mol. The molecule has 0 atom stereocenters. The number of hydrogen-bond acceptors (Lipinski definition) is 2. The van der Waals surface area contributed by atoms with E-state index in [1.165, 1.54) is 16.7 Å². The molecule has 2 aromatic rings. The van der Waals surface area contributed by atoms with E-state index in [-0.39, 0.29) is 11.8 Å². The first kappa shape index (κ1) is 19.7. The second-order valence-electron chi connectivity index (χ2n) is 8.82. The first-order valence-electron chi connectivity index (χ1n) is 10.6. The van der Waals surface area contributed by atoms with Gasteiger partial charge in [0.05, 0.1) is 5.41 Å². The van der Waals surface area contributed by atoms with Crippen molar-refractivity contribution in [2.24, 2.45) is 11.3 Å². The summed E-state index contributed by atoms with van der Waals surface area (Å²) in [5.41, 5.74) is 3.12. The lowest BCUT2D eigenvalue weighted by molar-refractivity contribution is -0.146. The van der Waals surface area contributed by atoms with Crippen molar-refractivity contribution in [3.63, 3.8) is 0 Å². The number of hydrogen-bond donors (Lipinski definition) is 0. The summed E-state index contributed by atoms with van der Waals surface area (Å²) in [6, 6.07) is 18.9. The molecular weight excluding hydrogens is 360 g/mol. The summed E-state index contributed by atoms with van der Waals surface area (Å²) in [5.74, 6) is 0.720. The van der Waals surface area contributed by atoms with Gasteiger partial charge in [-0.15, -0.1) is 0 Å². The highest BCUT2D eigenvalue weighted by Gasteiger charge is 2.44. The molecule has 0 radical (unpaired) electrons. The fourth-order valence-electron chi connectivity index (χ4n) is 4.57. The lowest BCUT2D eigenvalue weighted by Crippen LogP contribution is -2.51. The minimum Gasteiger partial charge on any atom is -0.348 e. The van der Waals surface area contributed by atoms with Gasteiger partial charge in [0, 0.05) is 33.1 Å². The standard InChI is InChI=1S/C25H30N2O2/c1-26(2)24(29)25(13-15-27(16-14-25)23(28)21-11-12-21)18-19-7-6-10-22(17-19)20-8-4-3-5-9-20/h3-10,17,21H,11-16,18H2,1-2H3. The fraction of sp³-hybridized carbons (Fsp3) is 0.440. The van der Waals surface area contributed by atoms with Crippen LogP contribution in [0.1, 0.15) is 31.2 Å². The Kier molecular flexibility index (Phi) is 5.44. The lowest BCUT2D eigenvalue weighted by Gasteiger charge is -2.42. The molecule has 2 aromatic carbocycles. The summed E-state index contributed by atoms with van der Waals surface area (Å²) in [7, 11) is 3.68. The van der Waals surface area contributed by atoms with Crippen molar-refractivity contribution < 1.29 is 9.59 Å². The molecule has 0 bridgehead atoms. The molecule has 1 aliphatic heterocycles. The normalized spacial score (nSPS) is 18.3. The van der Waals surface area contributed by atoms with Crippen LogP contribution < -0.4 is 0 Å². The highest BCUT2D eigenvalue weighted by atomic mass is 16.2. The molecule has 2 amide bonds. The van der Waals surface area contributed by atoms with Crippen LogP contribution in [-0.2, 0) is 16.0 Å². The van der Waals surface area contributed by atoms with Crippen molar-refractivity contribution in [3.05, 3.63) is 60.2 Å². The Bertz CT molecular complexity index is 879. The smallest absolute Gasteiger partial charge is 0.228 e. The quantitative estimate of drug-likeness (QED) is 0.774. The van der Waals surface area contributed by atoms with Crippen LogP contribution >= 0.6 is 0 Å². The molecule has 1 saturated carbocycles. The number of carbonyl (C=O) groups excluding carboxylic acids is 2. The molecule has 2 aliphatic rings. The molecule has 1 heterocycles. The third-order valence-electron chi connectivity index (χ3n) is 6.40. The summed E-state index contributed by atoms with van der Waals surface area (Å²) in [5, 5.41) is 0.